The van der Waals surface area contributed by atoms with Gasteiger partial charge in [-0.1, -0.05) is 11.6 Å². The van der Waals surface area contributed by atoms with E-state index in [2.05, 4.69) is 19.9 Å². The van der Waals surface area contributed by atoms with Gasteiger partial charge in [0.25, 0.3) is 16.1 Å². The molecular weight excluding hydrogens is 425 g/mol. The standard InChI is InChI=1S/C17H17ClFN5O4S/c1-24-16(17(26)21-10-3-5-14(19)13(18)8-10)12-4-2-11(9-15(12)22-24)23-29(27,28)20-6-7-25/h2-5,8-9,20,23,25H,6-7H2,1H3,(H,21,26). The lowest BCUT2D eigenvalue weighted by Gasteiger charge is -2.08. The summed E-state index contributed by atoms with van der Waals surface area (Å²) in [5.74, 6) is -1.09. The molecule has 0 aliphatic rings. The number of nitrogens with one attached hydrogen (secondary N) is 3. The van der Waals surface area contributed by atoms with Gasteiger partial charge in [0.15, 0.2) is 0 Å². The van der Waals surface area contributed by atoms with E-state index in [1.54, 1.807) is 13.1 Å². The molecule has 0 saturated heterocycles. The number of aliphatic hydroxyl groups is 1. The molecule has 0 aliphatic heterocycles. The van der Waals surface area contributed by atoms with Crippen LogP contribution in [-0.2, 0) is 17.3 Å². The van der Waals surface area contributed by atoms with Crippen LogP contribution >= 0.6 is 11.6 Å². The number of benzene rings is 2. The van der Waals surface area contributed by atoms with Crippen molar-refractivity contribution in [2.75, 3.05) is 23.2 Å². The first-order valence-corrected chi connectivity index (χ1v) is 10.2. The van der Waals surface area contributed by atoms with Gasteiger partial charge >= 0.3 is 0 Å². The quantitative estimate of drug-likeness (QED) is 0.445. The molecule has 1 amide bonds. The Hall–Kier alpha value is -2.73. The molecule has 0 unspecified atom stereocenters. The molecule has 3 aromatic rings. The zero-order valence-electron chi connectivity index (χ0n) is 15.1. The van der Waals surface area contributed by atoms with Crippen LogP contribution in [0.5, 0.6) is 0 Å². The maximum atomic E-state index is 13.3. The molecule has 0 atom stereocenters. The van der Waals surface area contributed by atoms with Crippen molar-refractivity contribution in [3.05, 3.63) is 52.9 Å². The summed E-state index contributed by atoms with van der Waals surface area (Å²) >= 11 is 5.73. The second-order valence-electron chi connectivity index (χ2n) is 6.01. The number of carbonyl (C=O) groups is 1. The van der Waals surface area contributed by atoms with Gasteiger partial charge < -0.3 is 10.4 Å². The van der Waals surface area contributed by atoms with Crippen LogP contribution in [0.4, 0.5) is 15.8 Å². The second kappa shape index (κ2) is 8.33. The largest absolute Gasteiger partial charge is 0.395 e. The Labute approximate surface area is 170 Å². The van der Waals surface area contributed by atoms with Crippen LogP contribution in [-0.4, -0.2) is 42.4 Å². The summed E-state index contributed by atoms with van der Waals surface area (Å²) in [6, 6.07) is 8.32. The van der Waals surface area contributed by atoms with E-state index in [-0.39, 0.29) is 29.6 Å². The van der Waals surface area contributed by atoms with Gasteiger partial charge in [-0.2, -0.15) is 18.2 Å². The number of halogens is 2. The molecule has 0 bridgehead atoms. The van der Waals surface area contributed by atoms with Crippen LogP contribution in [0.2, 0.25) is 5.02 Å². The molecule has 3 rings (SSSR count). The lowest BCUT2D eigenvalue weighted by molar-refractivity contribution is 0.101. The molecule has 2 aromatic carbocycles. The minimum absolute atomic E-state index is 0.121. The van der Waals surface area contributed by atoms with Crippen molar-refractivity contribution >= 4 is 50.0 Å². The van der Waals surface area contributed by atoms with Crippen LogP contribution in [0, 0.1) is 5.82 Å². The Morgan fingerprint density at radius 2 is 1.97 bits per heavy atom. The molecule has 0 aliphatic carbocycles. The topological polar surface area (TPSA) is 125 Å². The van der Waals surface area contributed by atoms with E-state index in [1.165, 1.54) is 28.9 Å². The van der Waals surface area contributed by atoms with Gasteiger partial charge in [-0.15, -0.1) is 0 Å². The number of aromatic nitrogens is 2. The first-order chi connectivity index (χ1) is 13.7. The summed E-state index contributed by atoms with van der Waals surface area (Å²) in [5.41, 5.74) is 1.17. The van der Waals surface area contributed by atoms with Crippen LogP contribution in [0.3, 0.4) is 0 Å². The van der Waals surface area contributed by atoms with Crippen LogP contribution in [0.15, 0.2) is 36.4 Å². The normalized spacial score (nSPS) is 11.6. The highest BCUT2D eigenvalue weighted by molar-refractivity contribution is 7.90. The zero-order chi connectivity index (χ0) is 21.2. The maximum absolute atomic E-state index is 13.3. The van der Waals surface area contributed by atoms with Crippen molar-refractivity contribution in [2.45, 2.75) is 0 Å². The Bertz CT molecular complexity index is 1180. The van der Waals surface area contributed by atoms with Crippen molar-refractivity contribution in [1.82, 2.24) is 14.5 Å². The molecule has 0 radical (unpaired) electrons. The molecule has 9 nitrogen and oxygen atoms in total. The van der Waals surface area contributed by atoms with E-state index < -0.39 is 21.9 Å². The van der Waals surface area contributed by atoms with Crippen molar-refractivity contribution in [1.29, 1.82) is 0 Å². The fourth-order valence-electron chi connectivity index (χ4n) is 2.67. The second-order valence-corrected chi connectivity index (χ2v) is 7.92. The molecule has 12 heteroatoms. The maximum Gasteiger partial charge on any atom is 0.299 e. The fourth-order valence-corrected chi connectivity index (χ4v) is 3.72. The van der Waals surface area contributed by atoms with Crippen molar-refractivity contribution < 1.29 is 22.7 Å². The van der Waals surface area contributed by atoms with Crippen LogP contribution in [0.25, 0.3) is 10.9 Å². The number of aryl methyl sites for hydroxylation is 1. The molecule has 0 saturated carbocycles. The number of nitrogens with zero attached hydrogens (tertiary/aromatic N) is 2. The van der Waals surface area contributed by atoms with Crippen molar-refractivity contribution in [2.24, 2.45) is 7.05 Å². The zero-order valence-corrected chi connectivity index (χ0v) is 16.7. The minimum Gasteiger partial charge on any atom is -0.395 e. The number of fused-ring (bicyclic) bond motifs is 1. The smallest absolute Gasteiger partial charge is 0.299 e. The van der Waals surface area contributed by atoms with Crippen molar-refractivity contribution in [3.63, 3.8) is 0 Å². The average molecular weight is 442 g/mol. The Morgan fingerprint density at radius 1 is 1.24 bits per heavy atom. The van der Waals surface area contributed by atoms with Gasteiger partial charge in [0.05, 0.1) is 22.8 Å². The van der Waals surface area contributed by atoms with Gasteiger partial charge in [-0.25, -0.2) is 4.39 Å². The summed E-state index contributed by atoms with van der Waals surface area (Å²) in [6.07, 6.45) is 0. The number of anilines is 2. The van der Waals surface area contributed by atoms with E-state index in [9.17, 15) is 17.6 Å². The molecule has 4 N–H and O–H groups in total. The number of carbonyl (C=O) groups excluding carboxylic acids is 1. The summed E-state index contributed by atoms with van der Waals surface area (Å²) in [4.78, 5) is 12.7. The van der Waals surface area contributed by atoms with E-state index in [4.69, 9.17) is 16.7 Å². The van der Waals surface area contributed by atoms with E-state index >= 15 is 0 Å². The lowest BCUT2D eigenvalue weighted by Crippen LogP contribution is -2.32. The lowest BCUT2D eigenvalue weighted by atomic mass is 10.2. The molecule has 154 valence electrons. The van der Waals surface area contributed by atoms with Crippen LogP contribution < -0.4 is 14.8 Å². The van der Waals surface area contributed by atoms with Crippen molar-refractivity contribution in [3.8, 4) is 0 Å². The average Bonchev–Trinajstić information content (AvgIpc) is 2.97. The van der Waals surface area contributed by atoms with E-state index in [0.29, 0.717) is 16.6 Å². The van der Waals surface area contributed by atoms with E-state index in [0.717, 1.165) is 6.07 Å². The molecule has 1 aromatic heterocycles. The van der Waals surface area contributed by atoms with Crippen LogP contribution in [0.1, 0.15) is 10.5 Å². The third-order valence-electron chi connectivity index (χ3n) is 3.88. The van der Waals surface area contributed by atoms with Gasteiger partial charge in [-0.3, -0.25) is 14.2 Å². The third-order valence-corrected chi connectivity index (χ3v) is 5.26. The Balaban J connectivity index is 1.86. The minimum atomic E-state index is -3.85. The first kappa shape index (κ1) is 21.0. The first-order valence-electron chi connectivity index (χ1n) is 8.31. The molecule has 0 fully saturated rings. The van der Waals surface area contributed by atoms with Gasteiger partial charge in [-0.05, 0) is 36.4 Å². The summed E-state index contributed by atoms with van der Waals surface area (Å²) < 4.78 is 42.8. The summed E-state index contributed by atoms with van der Waals surface area (Å²) in [6.45, 7) is -0.461. The van der Waals surface area contributed by atoms with Gasteiger partial charge in [0, 0.05) is 24.7 Å². The predicted octanol–water partition coefficient (Wildman–Crippen LogP) is 1.86. The number of aliphatic hydroxyl groups excluding tert-OH is 1. The molecule has 0 spiro atoms. The summed E-state index contributed by atoms with van der Waals surface area (Å²) in [7, 11) is -2.28. The number of hydrogen-bond donors (Lipinski definition) is 4. The molecule has 1 heterocycles. The third kappa shape index (κ3) is 4.82. The predicted molar refractivity (Wildman–Crippen MR) is 108 cm³/mol. The number of rotatable bonds is 7. The van der Waals surface area contributed by atoms with Gasteiger partial charge in [0.2, 0.25) is 0 Å². The van der Waals surface area contributed by atoms with Gasteiger partial charge in [0.1, 0.15) is 11.5 Å². The Kier molecular flexibility index (Phi) is 6.03. The SMILES string of the molecule is Cn1nc2cc(NS(=O)(=O)NCCO)ccc2c1C(=O)Nc1ccc(F)c(Cl)c1. The highest BCUT2D eigenvalue weighted by Crippen LogP contribution is 2.24. The monoisotopic (exact) mass is 441 g/mol. The molecule has 29 heavy (non-hydrogen) atoms. The highest BCUT2D eigenvalue weighted by atomic mass is 35.5. The highest BCUT2D eigenvalue weighted by Gasteiger charge is 2.18. The Morgan fingerprint density at radius 3 is 2.66 bits per heavy atom. The fraction of sp³-hybridized carbons (Fsp3) is 0.176. The molecular formula is C17H17ClFN5O4S. The number of amides is 1. The number of hydrogen-bond acceptors (Lipinski definition) is 5. The summed E-state index contributed by atoms with van der Waals surface area (Å²) in [5, 5.41) is 16.0. The van der Waals surface area contributed by atoms with E-state index in [1.807, 2.05) is 0 Å².